The maximum absolute atomic E-state index is 11.1. The summed E-state index contributed by atoms with van der Waals surface area (Å²) in [6.07, 6.45) is 0. The molecule has 3 aromatic carbocycles. The van der Waals surface area contributed by atoms with Crippen LogP contribution in [0.15, 0.2) is 91.0 Å². The molecule has 0 unspecified atom stereocenters. The van der Waals surface area contributed by atoms with Crippen molar-refractivity contribution in [2.24, 2.45) is 0 Å². The van der Waals surface area contributed by atoms with Gasteiger partial charge < -0.3 is 0 Å². The predicted octanol–water partition coefficient (Wildman–Crippen LogP) is 4.34. The number of benzene rings is 3. The molecule has 0 amide bonds. The summed E-state index contributed by atoms with van der Waals surface area (Å²) in [6.45, 7) is 0. The molecule has 0 spiro atoms. The van der Waals surface area contributed by atoms with Crippen LogP contribution < -0.4 is 10.8 Å². The van der Waals surface area contributed by atoms with Gasteiger partial charge in [0.25, 0.3) is 0 Å². The molecule has 0 radical (unpaired) electrons. The van der Waals surface area contributed by atoms with E-state index in [1.807, 2.05) is 0 Å². The molecule has 0 saturated heterocycles. The standard InChI is InChI=1S/C18H15Te.AsF6/c1-4-10-16(11-5-1)19(17-12-6-2-7-13-17)18-14-8-3-9-15-18;2-1(3,4,5,6)7/h1-15H;/q+1;-1. The van der Waals surface area contributed by atoms with Crippen molar-refractivity contribution < 1.29 is 20.8 Å². The molecule has 0 bridgehead atoms. The van der Waals surface area contributed by atoms with E-state index in [0.29, 0.717) is 0 Å². The third-order valence-corrected chi connectivity index (χ3v) is 9.30. The number of hydrogen-bond donors (Lipinski definition) is 0. The topological polar surface area (TPSA) is 0 Å². The minimum atomic E-state index is -11.1. The van der Waals surface area contributed by atoms with Crippen LogP contribution in [0.5, 0.6) is 0 Å². The summed E-state index contributed by atoms with van der Waals surface area (Å²) in [5, 5.41) is 0. The van der Waals surface area contributed by atoms with Crippen LogP contribution >= 0.6 is 0 Å². The molecule has 0 N–H and O–H groups in total. The fourth-order valence-electron chi connectivity index (χ4n) is 2.08. The van der Waals surface area contributed by atoms with E-state index >= 15 is 0 Å². The van der Waals surface area contributed by atoms with E-state index in [1.165, 1.54) is 10.8 Å². The first-order valence-corrected chi connectivity index (χ1v) is 15.1. The molecule has 3 aromatic rings. The van der Waals surface area contributed by atoms with Crippen molar-refractivity contribution in [3.8, 4) is 0 Å². The van der Waals surface area contributed by atoms with Gasteiger partial charge in [-0.3, -0.25) is 0 Å². The van der Waals surface area contributed by atoms with Gasteiger partial charge in [0, 0.05) is 0 Å². The van der Waals surface area contributed by atoms with Gasteiger partial charge in [-0.25, -0.2) is 0 Å². The third-order valence-electron chi connectivity index (χ3n) is 2.94. The molecule has 0 aliphatic heterocycles. The molecule has 140 valence electrons. The summed E-state index contributed by atoms with van der Waals surface area (Å²) >= 11 is -12.7. The predicted molar refractivity (Wildman–Crippen MR) is 96.4 cm³/mol. The van der Waals surface area contributed by atoms with Crippen LogP contribution in [-0.4, -0.2) is 33.7 Å². The van der Waals surface area contributed by atoms with Crippen molar-refractivity contribution >= 4 is 44.6 Å². The Balaban J connectivity index is 0.000000298. The Morgan fingerprint density at radius 2 is 0.615 bits per heavy atom. The van der Waals surface area contributed by atoms with Crippen molar-refractivity contribution in [1.82, 2.24) is 0 Å². The van der Waals surface area contributed by atoms with Gasteiger partial charge in [-0.15, -0.1) is 0 Å². The molecule has 3 rings (SSSR count). The Labute approximate surface area is 156 Å². The van der Waals surface area contributed by atoms with E-state index in [0.717, 1.165) is 0 Å². The van der Waals surface area contributed by atoms with Gasteiger partial charge in [0.05, 0.1) is 0 Å². The van der Waals surface area contributed by atoms with Crippen molar-refractivity contribution in [2.45, 2.75) is 0 Å². The summed E-state index contributed by atoms with van der Waals surface area (Å²) in [5.41, 5.74) is 0. The van der Waals surface area contributed by atoms with Crippen LogP contribution in [-0.2, 0) is 0 Å². The zero-order valence-electron chi connectivity index (χ0n) is 13.3. The minimum absolute atomic E-state index is 1.50. The Kier molecular flexibility index (Phi) is 5.87. The molecule has 0 fully saturated rings. The van der Waals surface area contributed by atoms with Crippen molar-refractivity contribution in [3.05, 3.63) is 91.0 Å². The van der Waals surface area contributed by atoms with E-state index in [1.54, 1.807) is 0 Å². The third kappa shape index (κ3) is 8.80. The molecule has 0 aliphatic rings. The van der Waals surface area contributed by atoms with Crippen LogP contribution in [0.3, 0.4) is 0 Å². The number of rotatable bonds is 3. The monoisotopic (exact) mass is 550 g/mol. The SMILES string of the molecule is F[As-](F)(F)(F)(F)F.c1ccc([Te+](c2ccccc2)c2ccccc2)cc1. The molecule has 0 heterocycles. The molecule has 0 aromatic heterocycles. The Morgan fingerprint density at radius 1 is 0.423 bits per heavy atom. The van der Waals surface area contributed by atoms with Gasteiger partial charge in [-0.1, -0.05) is 0 Å². The average molecular weight is 548 g/mol. The van der Waals surface area contributed by atoms with Crippen molar-refractivity contribution in [2.75, 3.05) is 0 Å². The van der Waals surface area contributed by atoms with Gasteiger partial charge in [0.1, 0.15) is 0 Å². The van der Waals surface area contributed by atoms with Crippen LogP contribution in [0.4, 0.5) is 20.8 Å². The molecule has 0 atom stereocenters. The van der Waals surface area contributed by atoms with Gasteiger partial charge in [-0.05, 0) is 0 Å². The second-order valence-corrected chi connectivity index (χ2v) is 15.0. The molecular formula is C18H15AsF6Te. The van der Waals surface area contributed by atoms with Crippen LogP contribution in [0.25, 0.3) is 0 Å². The van der Waals surface area contributed by atoms with E-state index in [4.69, 9.17) is 0 Å². The van der Waals surface area contributed by atoms with E-state index in [2.05, 4.69) is 91.0 Å². The number of halogens is 6. The summed E-state index contributed by atoms with van der Waals surface area (Å²) < 4.78 is 63.9. The van der Waals surface area contributed by atoms with Crippen LogP contribution in [0.1, 0.15) is 0 Å². The Morgan fingerprint density at radius 3 is 0.808 bits per heavy atom. The van der Waals surface area contributed by atoms with Gasteiger partial charge in [-0.2, -0.15) is 0 Å². The normalized spacial score (nSPS) is 14.0. The molecule has 0 nitrogen and oxygen atoms in total. The van der Waals surface area contributed by atoms with E-state index in [-0.39, 0.29) is 0 Å². The van der Waals surface area contributed by atoms with Crippen molar-refractivity contribution in [3.63, 3.8) is 0 Å². The van der Waals surface area contributed by atoms with Crippen molar-refractivity contribution in [1.29, 1.82) is 0 Å². The van der Waals surface area contributed by atoms with E-state index in [9.17, 15) is 20.8 Å². The summed E-state index contributed by atoms with van der Waals surface area (Å²) in [4.78, 5) is 0. The molecule has 8 heteroatoms. The molecule has 26 heavy (non-hydrogen) atoms. The summed E-state index contributed by atoms with van der Waals surface area (Å²) in [5.74, 6) is 0. The zero-order valence-corrected chi connectivity index (χ0v) is 17.5. The molecule has 0 saturated carbocycles. The Bertz CT molecular complexity index is 716. The maximum atomic E-state index is 9.91. The van der Waals surface area contributed by atoms with Gasteiger partial charge in [0.2, 0.25) is 0 Å². The van der Waals surface area contributed by atoms with Gasteiger partial charge >= 0.3 is 156 Å². The first kappa shape index (κ1) is 20.9. The zero-order chi connectivity index (χ0) is 19.3. The number of hydrogen-bond acceptors (Lipinski definition) is 0. The summed E-state index contributed by atoms with van der Waals surface area (Å²) in [7, 11) is 0. The fourth-order valence-corrected chi connectivity index (χ4v) is 8.08. The van der Waals surface area contributed by atoms with Crippen LogP contribution in [0.2, 0.25) is 0 Å². The van der Waals surface area contributed by atoms with Gasteiger partial charge in [0.15, 0.2) is 0 Å². The quantitative estimate of drug-likeness (QED) is 0.338. The second kappa shape index (κ2) is 7.31. The molecule has 0 aliphatic carbocycles. The average Bonchev–Trinajstić information content (AvgIpc) is 2.55. The summed E-state index contributed by atoms with van der Waals surface area (Å²) in [6, 6.07) is 32.8. The fraction of sp³-hybridized carbons (Fsp3) is 0. The van der Waals surface area contributed by atoms with E-state index < -0.39 is 33.7 Å². The first-order valence-electron chi connectivity index (χ1n) is 7.36. The van der Waals surface area contributed by atoms with Crippen LogP contribution in [0, 0.1) is 0 Å². The molecular weight excluding hydrogens is 533 g/mol. The Hall–Kier alpha value is -1.41. The first-order chi connectivity index (χ1) is 11.9. The second-order valence-electron chi connectivity index (χ2n) is 5.20.